The molecule has 0 aliphatic heterocycles. The zero-order valence-electron chi connectivity index (χ0n) is 24.4. The largest absolute Gasteiger partial charge is 0.444 e. The normalized spacial score (nSPS) is 12.8. The number of hydrogen-bond acceptors (Lipinski definition) is 6. The Morgan fingerprint density at radius 1 is 0.806 bits per heavy atom. The first-order chi connectivity index (χ1) is 16.4. The molecule has 208 valence electrons. The van der Waals surface area contributed by atoms with Crippen LogP contribution in [0.2, 0.25) is 0 Å². The number of nitrogens with zero attached hydrogens (tertiary/aromatic N) is 2. The minimum atomic E-state index is -0.576. The van der Waals surface area contributed by atoms with Crippen molar-refractivity contribution in [2.24, 2.45) is 11.5 Å². The van der Waals surface area contributed by atoms with Crippen molar-refractivity contribution >= 4 is 12.2 Å². The van der Waals surface area contributed by atoms with Crippen LogP contribution in [0.15, 0.2) is 48.0 Å². The first-order valence-electron chi connectivity index (χ1n) is 12.5. The molecule has 0 aromatic rings. The van der Waals surface area contributed by atoms with E-state index in [2.05, 4.69) is 6.58 Å². The molecule has 0 saturated carbocycles. The quantitative estimate of drug-likeness (QED) is 0.199. The summed E-state index contributed by atoms with van der Waals surface area (Å²) in [6.07, 6.45) is 8.81. The van der Waals surface area contributed by atoms with Gasteiger partial charge in [0.05, 0.1) is 0 Å². The van der Waals surface area contributed by atoms with Crippen molar-refractivity contribution in [2.45, 2.75) is 99.7 Å². The number of hydrogen-bond donors (Lipinski definition) is 2. The van der Waals surface area contributed by atoms with Crippen LogP contribution >= 0.6 is 0 Å². The second-order valence-corrected chi connectivity index (χ2v) is 10.7. The Kier molecular flexibility index (Phi) is 17.2. The molecule has 0 aromatic heterocycles. The molecule has 0 spiro atoms. The van der Waals surface area contributed by atoms with Gasteiger partial charge >= 0.3 is 12.2 Å². The van der Waals surface area contributed by atoms with Crippen LogP contribution < -0.4 is 11.5 Å². The van der Waals surface area contributed by atoms with E-state index < -0.39 is 11.2 Å². The lowest BCUT2D eigenvalue weighted by molar-refractivity contribution is 0.0269. The highest BCUT2D eigenvalue weighted by Crippen LogP contribution is 2.16. The molecule has 0 saturated heterocycles. The van der Waals surface area contributed by atoms with Gasteiger partial charge in [-0.2, -0.15) is 0 Å². The minimum Gasteiger partial charge on any atom is -0.444 e. The number of nitrogens with two attached hydrogens (primary N) is 2. The van der Waals surface area contributed by atoms with Gasteiger partial charge < -0.3 is 25.8 Å². The van der Waals surface area contributed by atoms with Gasteiger partial charge in [-0.1, -0.05) is 12.2 Å². The summed E-state index contributed by atoms with van der Waals surface area (Å²) in [5, 5.41) is 0. The number of allylic oxidation sites excluding steroid dienone is 6. The minimum absolute atomic E-state index is 0.342. The van der Waals surface area contributed by atoms with Gasteiger partial charge in [-0.15, -0.1) is 6.58 Å². The summed E-state index contributed by atoms with van der Waals surface area (Å²) in [5.41, 5.74) is 12.1. The zero-order chi connectivity index (χ0) is 28.5. The molecule has 4 N–H and O–H groups in total. The number of carbonyl (C=O) groups is 2. The molecule has 0 atom stereocenters. The number of amides is 2. The Hall–Kier alpha value is -2.90. The van der Waals surface area contributed by atoms with E-state index in [0.29, 0.717) is 25.3 Å². The van der Waals surface area contributed by atoms with Gasteiger partial charge in [0.15, 0.2) is 0 Å². The maximum absolute atomic E-state index is 12.7. The molecule has 0 aliphatic carbocycles. The van der Waals surface area contributed by atoms with E-state index in [1.807, 2.05) is 74.5 Å². The second-order valence-electron chi connectivity index (χ2n) is 10.7. The molecule has 0 aromatic carbocycles. The van der Waals surface area contributed by atoms with Crippen molar-refractivity contribution in [3.05, 3.63) is 48.0 Å². The topological polar surface area (TPSA) is 111 Å². The number of rotatable bonds is 10. The lowest BCUT2D eigenvalue weighted by Gasteiger charge is -2.28. The van der Waals surface area contributed by atoms with Crippen LogP contribution in [0.5, 0.6) is 0 Å². The van der Waals surface area contributed by atoms with E-state index in [4.69, 9.17) is 20.9 Å². The summed E-state index contributed by atoms with van der Waals surface area (Å²) in [4.78, 5) is 28.2. The fourth-order valence-electron chi connectivity index (χ4n) is 2.56. The van der Waals surface area contributed by atoms with Crippen LogP contribution in [0.1, 0.15) is 88.5 Å². The van der Waals surface area contributed by atoms with Gasteiger partial charge in [-0.3, -0.25) is 4.90 Å². The highest BCUT2D eigenvalue weighted by Gasteiger charge is 2.23. The highest BCUT2D eigenvalue weighted by molar-refractivity contribution is 5.70. The third-order valence-corrected chi connectivity index (χ3v) is 4.39. The van der Waals surface area contributed by atoms with Crippen molar-refractivity contribution < 1.29 is 19.1 Å². The van der Waals surface area contributed by atoms with Crippen LogP contribution in [-0.2, 0) is 9.47 Å². The van der Waals surface area contributed by atoms with Crippen molar-refractivity contribution in [3.63, 3.8) is 0 Å². The number of carbonyl (C=O) groups excluding carboxylic acids is 2. The van der Waals surface area contributed by atoms with E-state index in [0.717, 1.165) is 30.7 Å². The Labute approximate surface area is 220 Å². The molecule has 0 heterocycles. The molecule has 8 heteroatoms. The van der Waals surface area contributed by atoms with Gasteiger partial charge in [-0.25, -0.2) is 9.59 Å². The molecule has 0 unspecified atom stereocenters. The molecule has 2 amide bonds. The monoisotopic (exact) mass is 508 g/mol. The van der Waals surface area contributed by atoms with Crippen molar-refractivity contribution in [2.75, 3.05) is 19.6 Å². The highest BCUT2D eigenvalue weighted by atomic mass is 16.6. The lowest BCUT2D eigenvalue weighted by atomic mass is 10.2. The number of ether oxygens (including phenoxy) is 2. The van der Waals surface area contributed by atoms with Gasteiger partial charge in [0.2, 0.25) is 0 Å². The Bertz CT molecular complexity index is 763. The van der Waals surface area contributed by atoms with Crippen LogP contribution in [-0.4, -0.2) is 52.8 Å². The summed E-state index contributed by atoms with van der Waals surface area (Å²) in [7, 11) is 0. The molecule has 0 radical (unpaired) electrons. The Morgan fingerprint density at radius 3 is 1.69 bits per heavy atom. The fraction of sp³-hybridized carbons (Fsp3) is 0.643. The Morgan fingerprint density at radius 2 is 1.28 bits per heavy atom. The van der Waals surface area contributed by atoms with Gasteiger partial charge in [0, 0.05) is 36.7 Å². The molecule has 0 aliphatic rings. The maximum atomic E-state index is 12.7. The molecular weight excluding hydrogens is 456 g/mol. The summed E-state index contributed by atoms with van der Waals surface area (Å²) in [6.45, 7) is 23.7. The van der Waals surface area contributed by atoms with E-state index in [-0.39, 0.29) is 12.2 Å². The third-order valence-electron chi connectivity index (χ3n) is 4.39. The molecule has 0 rings (SSSR count). The fourth-order valence-corrected chi connectivity index (χ4v) is 2.56. The molecular formula is C28H52N4O4. The summed E-state index contributed by atoms with van der Waals surface area (Å²) >= 11 is 0. The van der Waals surface area contributed by atoms with E-state index in [9.17, 15) is 9.59 Å². The van der Waals surface area contributed by atoms with Crippen LogP contribution in [0.25, 0.3) is 0 Å². The van der Waals surface area contributed by atoms with E-state index >= 15 is 0 Å². The summed E-state index contributed by atoms with van der Waals surface area (Å²) in [5.74, 6) is 0. The first kappa shape index (κ1) is 35.3. The summed E-state index contributed by atoms with van der Waals surface area (Å²) in [6, 6.07) is 0. The zero-order valence-corrected chi connectivity index (χ0v) is 24.4. The Balaban J connectivity index is 0. The molecule has 8 nitrogen and oxygen atoms in total. The van der Waals surface area contributed by atoms with Gasteiger partial charge in [0.1, 0.15) is 11.2 Å². The molecule has 0 bridgehead atoms. The van der Waals surface area contributed by atoms with E-state index in [1.54, 1.807) is 28.9 Å². The average molecular weight is 509 g/mol. The van der Waals surface area contributed by atoms with Crippen LogP contribution in [0, 0.1) is 0 Å². The summed E-state index contributed by atoms with van der Waals surface area (Å²) < 4.78 is 11.0. The predicted molar refractivity (Wildman–Crippen MR) is 150 cm³/mol. The number of unbranched alkanes of at least 4 members (excludes halogenated alkanes) is 2. The van der Waals surface area contributed by atoms with Gasteiger partial charge in [-0.05, 0) is 101 Å². The van der Waals surface area contributed by atoms with Crippen molar-refractivity contribution in [1.82, 2.24) is 9.80 Å². The lowest BCUT2D eigenvalue weighted by Crippen LogP contribution is -2.37. The second kappa shape index (κ2) is 17.5. The third kappa shape index (κ3) is 20.5. The predicted octanol–water partition coefficient (Wildman–Crippen LogP) is 6.45. The van der Waals surface area contributed by atoms with Crippen molar-refractivity contribution in [3.8, 4) is 0 Å². The van der Waals surface area contributed by atoms with Gasteiger partial charge in [0.25, 0.3) is 0 Å². The maximum Gasteiger partial charge on any atom is 0.414 e. The van der Waals surface area contributed by atoms with E-state index in [1.165, 1.54) is 0 Å². The smallest absolute Gasteiger partial charge is 0.414 e. The SMILES string of the molecule is C/C=C(\C)N.C=CCN(CCCCCN(C(=O)OC(C)(C)C)/C(C)=C/C=C(\C)N)C(=O)OC(C)(C)C. The van der Waals surface area contributed by atoms with Crippen LogP contribution in [0.3, 0.4) is 0 Å². The molecule has 0 fully saturated rings. The van der Waals surface area contributed by atoms with Crippen molar-refractivity contribution in [1.29, 1.82) is 0 Å². The standard InChI is InChI=1S/C24H43N3O4.C4H9N/c1-10-16-26(21(28)30-23(4,5)6)17-12-11-13-18-27(20(3)15-14-19(2)25)22(29)31-24(7,8)9;1-3-4(2)5/h10,14-15H,1,11-13,16-18,25H2,2-9H3;3H,5H2,1-2H3/b19-14+,20-15+;4-3+. The van der Waals surface area contributed by atoms with Crippen LogP contribution in [0.4, 0.5) is 9.59 Å². The molecule has 36 heavy (non-hydrogen) atoms. The average Bonchev–Trinajstić information content (AvgIpc) is 2.71. The first-order valence-corrected chi connectivity index (χ1v) is 12.5.